The maximum absolute atomic E-state index is 10.7. The Labute approximate surface area is 178 Å². The highest BCUT2D eigenvalue weighted by Crippen LogP contribution is 2.36. The number of hydrogen-bond donors (Lipinski definition) is 4. The van der Waals surface area contributed by atoms with Crippen LogP contribution >= 0.6 is 11.8 Å². The van der Waals surface area contributed by atoms with E-state index in [9.17, 15) is 15.3 Å². The van der Waals surface area contributed by atoms with Crippen molar-refractivity contribution in [3.63, 3.8) is 0 Å². The summed E-state index contributed by atoms with van der Waals surface area (Å²) in [5, 5.41) is 35.0. The third kappa shape index (κ3) is 6.03. The first-order chi connectivity index (χ1) is 13.6. The molecule has 162 valence electrons. The van der Waals surface area contributed by atoms with Gasteiger partial charge in [-0.1, -0.05) is 45.0 Å². The molecule has 6 unspecified atom stereocenters. The third-order valence-corrected chi connectivity index (χ3v) is 6.87. The van der Waals surface area contributed by atoms with Crippen LogP contribution in [0.2, 0.25) is 0 Å². The SMILES string of the molecule is CC1N=CSC1c1ccc(CNC(O)C2CC(O)CN2C(O)CC(C)(C)C)cc1. The Morgan fingerprint density at radius 2 is 1.93 bits per heavy atom. The number of β-amino-alcohol motifs (C(OH)–C–C–N with tert-alkyl or cyclic N) is 1. The van der Waals surface area contributed by atoms with Crippen LogP contribution in [0, 0.1) is 5.41 Å². The Balaban J connectivity index is 1.55. The molecule has 29 heavy (non-hydrogen) atoms. The minimum Gasteiger partial charge on any atom is -0.392 e. The molecule has 2 aliphatic rings. The number of nitrogens with one attached hydrogen (secondary N) is 1. The number of aliphatic imine (C=N–C) groups is 1. The van der Waals surface area contributed by atoms with Crippen molar-refractivity contribution in [3.8, 4) is 0 Å². The van der Waals surface area contributed by atoms with Gasteiger partial charge in [0.1, 0.15) is 12.5 Å². The molecule has 3 rings (SSSR count). The molecule has 1 fully saturated rings. The molecule has 1 aromatic rings. The normalized spacial score (nSPS) is 30.0. The van der Waals surface area contributed by atoms with E-state index >= 15 is 0 Å². The first-order valence-electron chi connectivity index (χ1n) is 10.4. The van der Waals surface area contributed by atoms with Crippen molar-refractivity contribution in [3.05, 3.63) is 35.4 Å². The Hall–Kier alpha value is -0.960. The van der Waals surface area contributed by atoms with E-state index in [2.05, 4.69) is 62.3 Å². The summed E-state index contributed by atoms with van der Waals surface area (Å²) in [5.41, 5.74) is 4.25. The summed E-state index contributed by atoms with van der Waals surface area (Å²) in [4.78, 5) is 6.25. The van der Waals surface area contributed by atoms with Gasteiger partial charge in [-0.3, -0.25) is 15.2 Å². The second-order valence-corrected chi connectivity index (χ2v) is 10.5. The van der Waals surface area contributed by atoms with Crippen molar-refractivity contribution in [2.24, 2.45) is 10.4 Å². The minimum atomic E-state index is -0.819. The first kappa shape index (κ1) is 22.7. The summed E-state index contributed by atoms with van der Waals surface area (Å²) >= 11 is 1.75. The zero-order valence-electron chi connectivity index (χ0n) is 17.8. The molecule has 2 heterocycles. The zero-order chi connectivity index (χ0) is 21.2. The summed E-state index contributed by atoms with van der Waals surface area (Å²) < 4.78 is 0. The van der Waals surface area contributed by atoms with Crippen LogP contribution in [0.3, 0.4) is 0 Å². The van der Waals surface area contributed by atoms with Gasteiger partial charge in [-0.15, -0.1) is 11.8 Å². The number of thioether (sulfide) groups is 1. The smallest absolute Gasteiger partial charge is 0.121 e. The topological polar surface area (TPSA) is 88.3 Å². The molecule has 1 saturated heterocycles. The number of aliphatic hydroxyl groups is 3. The zero-order valence-corrected chi connectivity index (χ0v) is 18.6. The highest BCUT2D eigenvalue weighted by molar-refractivity contribution is 8.12. The molecule has 4 N–H and O–H groups in total. The Kier molecular flexibility index (Phi) is 7.41. The maximum Gasteiger partial charge on any atom is 0.121 e. The van der Waals surface area contributed by atoms with Crippen molar-refractivity contribution in [1.29, 1.82) is 0 Å². The van der Waals surface area contributed by atoms with Gasteiger partial charge in [0.25, 0.3) is 0 Å². The molecule has 7 heteroatoms. The van der Waals surface area contributed by atoms with Crippen LogP contribution in [0.5, 0.6) is 0 Å². The fourth-order valence-electron chi connectivity index (χ4n) is 4.11. The molecule has 0 saturated carbocycles. The molecule has 0 aliphatic carbocycles. The number of likely N-dealkylation sites (tertiary alicyclic amines) is 1. The fourth-order valence-corrected chi connectivity index (χ4v) is 5.12. The van der Waals surface area contributed by atoms with Crippen LogP contribution in [0.25, 0.3) is 0 Å². The molecule has 6 atom stereocenters. The Morgan fingerprint density at radius 1 is 1.24 bits per heavy atom. The lowest BCUT2D eigenvalue weighted by molar-refractivity contribution is -0.0678. The second-order valence-electron chi connectivity index (χ2n) is 9.52. The molecule has 0 bridgehead atoms. The van der Waals surface area contributed by atoms with Crippen molar-refractivity contribution >= 4 is 17.3 Å². The van der Waals surface area contributed by atoms with Crippen molar-refractivity contribution in [2.75, 3.05) is 6.54 Å². The summed E-state index contributed by atoms with van der Waals surface area (Å²) in [6.07, 6.45) is -0.990. The quantitative estimate of drug-likeness (QED) is 0.506. The average molecular weight is 422 g/mol. The van der Waals surface area contributed by atoms with E-state index in [4.69, 9.17) is 0 Å². The molecule has 0 radical (unpaired) electrons. The summed E-state index contributed by atoms with van der Waals surface area (Å²) in [5.74, 6) is 0. The van der Waals surface area contributed by atoms with E-state index in [0.717, 1.165) is 5.56 Å². The van der Waals surface area contributed by atoms with Gasteiger partial charge in [0.05, 0.1) is 29.0 Å². The molecule has 6 nitrogen and oxygen atoms in total. The monoisotopic (exact) mass is 421 g/mol. The van der Waals surface area contributed by atoms with Crippen molar-refractivity contribution in [2.45, 2.75) is 83.0 Å². The predicted octanol–water partition coefficient (Wildman–Crippen LogP) is 2.49. The number of rotatable bonds is 7. The third-order valence-electron chi connectivity index (χ3n) is 5.67. The van der Waals surface area contributed by atoms with Crippen LogP contribution in [0.1, 0.15) is 56.9 Å². The van der Waals surface area contributed by atoms with E-state index in [1.54, 1.807) is 11.8 Å². The number of benzene rings is 1. The van der Waals surface area contributed by atoms with Crippen molar-refractivity contribution < 1.29 is 15.3 Å². The van der Waals surface area contributed by atoms with Crippen LogP contribution < -0.4 is 5.32 Å². The fraction of sp³-hybridized carbons (Fsp3) is 0.682. The van der Waals surface area contributed by atoms with Gasteiger partial charge in [-0.2, -0.15) is 0 Å². The van der Waals surface area contributed by atoms with E-state index < -0.39 is 18.6 Å². The average Bonchev–Trinajstić information content (AvgIpc) is 3.24. The molecule has 0 spiro atoms. The highest BCUT2D eigenvalue weighted by Gasteiger charge is 2.39. The summed E-state index contributed by atoms with van der Waals surface area (Å²) in [6.45, 7) is 9.27. The lowest BCUT2D eigenvalue weighted by atomic mass is 9.91. The molecule has 0 amide bonds. The largest absolute Gasteiger partial charge is 0.392 e. The van der Waals surface area contributed by atoms with E-state index in [1.165, 1.54) is 5.56 Å². The summed E-state index contributed by atoms with van der Waals surface area (Å²) in [7, 11) is 0. The van der Waals surface area contributed by atoms with E-state index in [0.29, 0.717) is 37.2 Å². The number of nitrogens with zero attached hydrogens (tertiary/aromatic N) is 2. The predicted molar refractivity (Wildman–Crippen MR) is 119 cm³/mol. The van der Waals surface area contributed by atoms with E-state index in [1.807, 2.05) is 10.4 Å². The molecular formula is C22H35N3O3S. The Morgan fingerprint density at radius 3 is 2.52 bits per heavy atom. The molecule has 0 aromatic heterocycles. The molecular weight excluding hydrogens is 386 g/mol. The van der Waals surface area contributed by atoms with Crippen molar-refractivity contribution in [1.82, 2.24) is 10.2 Å². The van der Waals surface area contributed by atoms with Crippen LogP contribution in [0.15, 0.2) is 29.3 Å². The van der Waals surface area contributed by atoms with Gasteiger partial charge in [-0.25, -0.2) is 0 Å². The number of aliphatic hydroxyl groups excluding tert-OH is 3. The van der Waals surface area contributed by atoms with Gasteiger partial charge < -0.3 is 15.3 Å². The van der Waals surface area contributed by atoms with Crippen LogP contribution in [-0.2, 0) is 6.54 Å². The summed E-state index contributed by atoms with van der Waals surface area (Å²) in [6, 6.07) is 8.41. The van der Waals surface area contributed by atoms with Crippen LogP contribution in [0.4, 0.5) is 0 Å². The lowest BCUT2D eigenvalue weighted by Crippen LogP contribution is -2.51. The lowest BCUT2D eigenvalue weighted by Gasteiger charge is -2.35. The Bertz CT molecular complexity index is 692. The van der Waals surface area contributed by atoms with Gasteiger partial charge in [0.2, 0.25) is 0 Å². The minimum absolute atomic E-state index is 0.0300. The standard InChI is InChI=1S/C22H35N3O3S/c1-14-20(29-13-24-14)16-7-5-15(6-8-16)11-23-21(28)18-9-17(26)12-25(18)19(27)10-22(2,3)4/h5-8,13-14,17-21,23,26-28H,9-12H2,1-4H3. The molecule has 1 aromatic carbocycles. The highest BCUT2D eigenvalue weighted by atomic mass is 32.2. The van der Waals surface area contributed by atoms with Gasteiger partial charge in [0, 0.05) is 13.1 Å². The van der Waals surface area contributed by atoms with Crippen LogP contribution in [-0.4, -0.2) is 63.0 Å². The maximum atomic E-state index is 10.7. The first-order valence-corrected chi connectivity index (χ1v) is 11.4. The van der Waals surface area contributed by atoms with Gasteiger partial charge >= 0.3 is 0 Å². The van der Waals surface area contributed by atoms with E-state index in [-0.39, 0.29) is 11.5 Å². The van der Waals surface area contributed by atoms with Gasteiger partial charge in [0.15, 0.2) is 0 Å². The second kappa shape index (κ2) is 9.45. The number of hydrogen-bond acceptors (Lipinski definition) is 7. The van der Waals surface area contributed by atoms with Gasteiger partial charge in [-0.05, 0) is 36.3 Å². The molecule has 2 aliphatic heterocycles.